The van der Waals surface area contributed by atoms with Gasteiger partial charge in [0.1, 0.15) is 0 Å². The van der Waals surface area contributed by atoms with E-state index in [1.807, 2.05) is 27.0 Å². The maximum Gasteiger partial charge on any atom is 0.228 e. The van der Waals surface area contributed by atoms with Gasteiger partial charge in [-0.2, -0.15) is 0 Å². The maximum atomic E-state index is 12.4. The number of carbonyl (C=O) groups excluding carboxylic acids is 1. The molecule has 2 N–H and O–H groups in total. The Balaban J connectivity index is 2.82. The van der Waals surface area contributed by atoms with E-state index in [0.717, 1.165) is 10.0 Å². The van der Waals surface area contributed by atoms with E-state index in [-0.39, 0.29) is 5.91 Å². The van der Waals surface area contributed by atoms with Crippen molar-refractivity contribution >= 4 is 21.8 Å². The lowest BCUT2D eigenvalue weighted by Gasteiger charge is -2.29. The number of aryl methyl sites for hydroxylation is 1. The molecule has 0 spiro atoms. The molecule has 106 valence electrons. The summed E-state index contributed by atoms with van der Waals surface area (Å²) in [5.74, 6) is 0.136. The maximum absolute atomic E-state index is 12.4. The molecular weight excluding hydrogens is 304 g/mol. The van der Waals surface area contributed by atoms with Crippen LogP contribution in [0.2, 0.25) is 0 Å². The van der Waals surface area contributed by atoms with Gasteiger partial charge in [0, 0.05) is 23.5 Å². The fourth-order valence-electron chi connectivity index (χ4n) is 2.12. The molecule has 0 aliphatic heterocycles. The molecule has 0 aliphatic rings. The zero-order chi connectivity index (χ0) is 14.6. The van der Waals surface area contributed by atoms with Crippen LogP contribution in [0.4, 0.5) is 0 Å². The van der Waals surface area contributed by atoms with Crippen molar-refractivity contribution in [3.63, 3.8) is 0 Å². The minimum absolute atomic E-state index is 0.136. The number of carbonyl (C=O) groups is 1. The van der Waals surface area contributed by atoms with Crippen molar-refractivity contribution in [1.82, 2.24) is 4.90 Å². The summed E-state index contributed by atoms with van der Waals surface area (Å²) in [4.78, 5) is 14.2. The van der Waals surface area contributed by atoms with Crippen molar-refractivity contribution in [3.05, 3.63) is 33.8 Å². The average molecular weight is 327 g/mol. The molecule has 0 aromatic heterocycles. The lowest BCUT2D eigenvalue weighted by molar-refractivity contribution is -0.139. The fourth-order valence-corrected chi connectivity index (χ4v) is 2.53. The fraction of sp³-hybridized carbons (Fsp3) is 0.533. The summed E-state index contributed by atoms with van der Waals surface area (Å²) >= 11 is 3.47. The summed E-state index contributed by atoms with van der Waals surface area (Å²) in [5.41, 5.74) is 7.53. The topological polar surface area (TPSA) is 46.3 Å². The highest BCUT2D eigenvalue weighted by Crippen LogP contribution is 2.24. The predicted molar refractivity (Wildman–Crippen MR) is 82.8 cm³/mol. The van der Waals surface area contributed by atoms with Crippen molar-refractivity contribution in [2.24, 2.45) is 11.1 Å². The average Bonchev–Trinajstić information content (AvgIpc) is 2.32. The molecule has 0 aliphatic carbocycles. The first-order valence-electron chi connectivity index (χ1n) is 6.48. The van der Waals surface area contributed by atoms with Crippen molar-refractivity contribution in [3.8, 4) is 0 Å². The predicted octanol–water partition coefficient (Wildman–Crippen LogP) is 3.09. The molecule has 0 saturated carbocycles. The molecule has 0 fully saturated rings. The molecule has 0 unspecified atom stereocenters. The minimum atomic E-state index is -0.399. The Labute approximate surface area is 124 Å². The second kappa shape index (κ2) is 6.53. The van der Waals surface area contributed by atoms with Gasteiger partial charge in [0.2, 0.25) is 5.91 Å². The van der Waals surface area contributed by atoms with Crippen LogP contribution < -0.4 is 5.73 Å². The summed E-state index contributed by atoms with van der Waals surface area (Å²) in [6.45, 7) is 7.12. The largest absolute Gasteiger partial charge is 0.341 e. The van der Waals surface area contributed by atoms with Crippen LogP contribution in [0.25, 0.3) is 0 Å². The molecular formula is C15H23BrN2O. The summed E-state index contributed by atoms with van der Waals surface area (Å²) < 4.78 is 1.04. The van der Waals surface area contributed by atoms with Crippen molar-refractivity contribution in [2.75, 3.05) is 13.6 Å². The molecule has 0 heterocycles. The van der Waals surface area contributed by atoms with Crippen LogP contribution in [0, 0.1) is 12.3 Å². The van der Waals surface area contributed by atoms with Gasteiger partial charge in [0.15, 0.2) is 0 Å². The van der Waals surface area contributed by atoms with Gasteiger partial charge in [-0.15, -0.1) is 0 Å². The smallest absolute Gasteiger partial charge is 0.228 e. The zero-order valence-corrected chi connectivity index (χ0v) is 13.8. The van der Waals surface area contributed by atoms with E-state index in [4.69, 9.17) is 5.73 Å². The second-order valence-corrected chi connectivity index (χ2v) is 6.57. The van der Waals surface area contributed by atoms with Gasteiger partial charge in [0.25, 0.3) is 0 Å². The number of amides is 1. The van der Waals surface area contributed by atoms with Crippen molar-refractivity contribution < 1.29 is 4.79 Å². The Hall–Kier alpha value is -0.870. The third-order valence-corrected chi connectivity index (χ3v) is 3.91. The van der Waals surface area contributed by atoms with Crippen LogP contribution in [0.1, 0.15) is 31.4 Å². The third-order valence-electron chi connectivity index (χ3n) is 3.41. The van der Waals surface area contributed by atoms with Gasteiger partial charge in [-0.3, -0.25) is 4.79 Å². The molecule has 0 bridgehead atoms. The van der Waals surface area contributed by atoms with Crippen molar-refractivity contribution in [1.29, 1.82) is 0 Å². The Morgan fingerprint density at radius 1 is 1.42 bits per heavy atom. The van der Waals surface area contributed by atoms with Crippen LogP contribution in [-0.2, 0) is 11.3 Å². The number of nitrogens with zero attached hydrogens (tertiary/aromatic N) is 1. The highest BCUT2D eigenvalue weighted by atomic mass is 79.9. The number of halogens is 1. The summed E-state index contributed by atoms with van der Waals surface area (Å²) in [6, 6.07) is 6.14. The first kappa shape index (κ1) is 16.2. The first-order chi connectivity index (χ1) is 8.77. The van der Waals surface area contributed by atoms with Crippen LogP contribution in [0.15, 0.2) is 22.7 Å². The van der Waals surface area contributed by atoms with Crippen LogP contribution in [0.5, 0.6) is 0 Å². The van der Waals surface area contributed by atoms with E-state index >= 15 is 0 Å². The highest BCUT2D eigenvalue weighted by Gasteiger charge is 2.29. The van der Waals surface area contributed by atoms with Crippen LogP contribution in [0.3, 0.4) is 0 Å². The van der Waals surface area contributed by atoms with Gasteiger partial charge in [-0.1, -0.05) is 35.8 Å². The molecule has 4 heteroatoms. The summed E-state index contributed by atoms with van der Waals surface area (Å²) in [5, 5.41) is 0. The molecule has 19 heavy (non-hydrogen) atoms. The van der Waals surface area contributed by atoms with E-state index in [2.05, 4.69) is 35.0 Å². The van der Waals surface area contributed by atoms with E-state index < -0.39 is 5.41 Å². The molecule has 0 radical (unpaired) electrons. The molecule has 1 aromatic carbocycles. The number of hydrogen-bond acceptors (Lipinski definition) is 2. The van der Waals surface area contributed by atoms with Gasteiger partial charge in [-0.05, 0) is 43.1 Å². The molecule has 0 saturated heterocycles. The summed E-state index contributed by atoms with van der Waals surface area (Å²) in [6.07, 6.45) is 0.702. The lowest BCUT2D eigenvalue weighted by Crippen LogP contribution is -2.39. The van der Waals surface area contributed by atoms with Crippen LogP contribution in [-0.4, -0.2) is 24.4 Å². The van der Waals surface area contributed by atoms with E-state index in [0.29, 0.717) is 19.5 Å². The van der Waals surface area contributed by atoms with Gasteiger partial charge < -0.3 is 10.6 Å². The SMILES string of the molecule is Cc1ccc(Br)cc1CN(C)C(=O)C(C)(C)CCN. The quantitative estimate of drug-likeness (QED) is 0.903. The normalized spacial score (nSPS) is 11.5. The zero-order valence-electron chi connectivity index (χ0n) is 12.2. The second-order valence-electron chi connectivity index (χ2n) is 5.65. The standard InChI is InChI=1S/C15H23BrN2O/c1-11-5-6-13(16)9-12(11)10-18(4)14(19)15(2,3)7-8-17/h5-6,9H,7-8,10,17H2,1-4H3. The summed E-state index contributed by atoms with van der Waals surface area (Å²) in [7, 11) is 1.85. The molecule has 1 aromatic rings. The Morgan fingerprint density at radius 3 is 2.63 bits per heavy atom. The number of hydrogen-bond donors (Lipinski definition) is 1. The lowest BCUT2D eigenvalue weighted by atomic mass is 9.87. The number of nitrogens with two attached hydrogens (primary N) is 1. The molecule has 1 amide bonds. The van der Waals surface area contributed by atoms with Crippen LogP contribution >= 0.6 is 15.9 Å². The Kier molecular flexibility index (Phi) is 5.56. The minimum Gasteiger partial charge on any atom is -0.341 e. The van der Waals surface area contributed by atoms with E-state index in [1.54, 1.807) is 4.90 Å². The number of rotatable bonds is 5. The third kappa shape index (κ3) is 4.32. The Bertz CT molecular complexity index is 457. The highest BCUT2D eigenvalue weighted by molar-refractivity contribution is 9.10. The molecule has 3 nitrogen and oxygen atoms in total. The Morgan fingerprint density at radius 2 is 2.05 bits per heavy atom. The first-order valence-corrected chi connectivity index (χ1v) is 7.28. The van der Waals surface area contributed by atoms with Crippen molar-refractivity contribution in [2.45, 2.75) is 33.7 Å². The molecule has 0 atom stereocenters. The van der Waals surface area contributed by atoms with Gasteiger partial charge in [-0.25, -0.2) is 0 Å². The van der Waals surface area contributed by atoms with Gasteiger partial charge >= 0.3 is 0 Å². The van der Waals surface area contributed by atoms with Gasteiger partial charge in [0.05, 0.1) is 0 Å². The molecule has 1 rings (SSSR count). The van der Waals surface area contributed by atoms with E-state index in [9.17, 15) is 4.79 Å². The number of benzene rings is 1. The van der Waals surface area contributed by atoms with E-state index in [1.165, 1.54) is 5.56 Å². The monoisotopic (exact) mass is 326 g/mol.